The van der Waals surface area contributed by atoms with Gasteiger partial charge in [0.1, 0.15) is 5.56 Å². The molecule has 0 bridgehead atoms. The van der Waals surface area contributed by atoms with Gasteiger partial charge < -0.3 is 14.2 Å². The number of thiol groups is 1. The molecule has 1 heterocycles. The molecule has 3 aromatic rings. The minimum Gasteiger partial charge on any atom is -0.462 e. The van der Waals surface area contributed by atoms with Gasteiger partial charge in [-0.2, -0.15) is 0 Å². The minimum absolute atomic E-state index is 0.0173. The second kappa shape index (κ2) is 9.87. The van der Waals surface area contributed by atoms with Crippen LogP contribution >= 0.6 is 12.6 Å². The highest BCUT2D eigenvalue weighted by molar-refractivity contribution is 7.80. The number of rotatable bonds is 6. The first-order valence-corrected chi connectivity index (χ1v) is 10.8. The number of nitrogens with zero attached hydrogens (tertiary/aromatic N) is 3. The van der Waals surface area contributed by atoms with Gasteiger partial charge in [0, 0.05) is 48.8 Å². The second-order valence-corrected chi connectivity index (χ2v) is 7.88. The van der Waals surface area contributed by atoms with Gasteiger partial charge in [0.05, 0.1) is 18.0 Å². The van der Waals surface area contributed by atoms with Crippen LogP contribution in [0.2, 0.25) is 0 Å². The summed E-state index contributed by atoms with van der Waals surface area (Å²) < 4.78 is 6.94. The Morgan fingerprint density at radius 2 is 1.88 bits per heavy atom. The molecule has 2 aromatic carbocycles. The molecule has 0 aliphatic carbocycles. The van der Waals surface area contributed by atoms with Gasteiger partial charge in [-0.25, -0.2) is 4.79 Å². The van der Waals surface area contributed by atoms with Crippen LogP contribution in [0.4, 0.5) is 11.4 Å². The molecule has 0 N–H and O–H groups in total. The number of pyridine rings is 1. The van der Waals surface area contributed by atoms with Crippen molar-refractivity contribution in [3.05, 3.63) is 70.0 Å². The van der Waals surface area contributed by atoms with Crippen molar-refractivity contribution in [2.45, 2.75) is 25.7 Å². The molecular formula is C25H27N3O3S. The molecule has 6 nitrogen and oxygen atoms in total. The van der Waals surface area contributed by atoms with E-state index >= 15 is 0 Å². The summed E-state index contributed by atoms with van der Waals surface area (Å²) in [7, 11) is 3.94. The third-order valence-electron chi connectivity index (χ3n) is 5.13. The lowest BCUT2D eigenvalue weighted by molar-refractivity contribution is 0.0524. The van der Waals surface area contributed by atoms with Crippen molar-refractivity contribution >= 4 is 36.2 Å². The monoisotopic (exact) mass is 449 g/mol. The first-order valence-electron chi connectivity index (χ1n) is 10.3. The van der Waals surface area contributed by atoms with E-state index in [1.807, 2.05) is 73.8 Å². The Labute approximate surface area is 193 Å². The maximum Gasteiger partial charge on any atom is 0.343 e. The molecule has 0 radical (unpaired) electrons. The average molecular weight is 450 g/mol. The zero-order chi connectivity index (χ0) is 23.4. The zero-order valence-corrected chi connectivity index (χ0v) is 19.8. The van der Waals surface area contributed by atoms with Crippen molar-refractivity contribution < 1.29 is 9.53 Å². The normalized spacial score (nSPS) is 11.1. The standard InChI is InChI=1S/C25H27N3O3S/c1-6-26-20-12-13-21(16(3)24(20)32)28-15-19(25(30)31-7-2)23(29)14-22(28)17-8-10-18(11-9-17)27(4)5/h6,8-15,32H,7H2,1-5H3/b26-6+. The third kappa shape index (κ3) is 4.62. The fourth-order valence-electron chi connectivity index (χ4n) is 3.43. The molecule has 0 spiro atoms. The number of ether oxygens (including phenoxy) is 1. The van der Waals surface area contributed by atoms with Crippen molar-refractivity contribution in [2.24, 2.45) is 4.99 Å². The average Bonchev–Trinajstić information content (AvgIpc) is 2.77. The van der Waals surface area contributed by atoms with Crippen molar-refractivity contribution in [3.63, 3.8) is 0 Å². The van der Waals surface area contributed by atoms with Crippen LogP contribution in [0.25, 0.3) is 16.9 Å². The maximum absolute atomic E-state index is 12.8. The summed E-state index contributed by atoms with van der Waals surface area (Å²) in [5.41, 5.74) is 4.57. The Morgan fingerprint density at radius 3 is 2.47 bits per heavy atom. The largest absolute Gasteiger partial charge is 0.462 e. The van der Waals surface area contributed by atoms with E-state index in [0.717, 1.165) is 33.1 Å². The molecule has 7 heteroatoms. The first-order chi connectivity index (χ1) is 15.3. The number of carbonyl (C=O) groups excluding carboxylic acids is 1. The van der Waals surface area contributed by atoms with Crippen LogP contribution < -0.4 is 10.3 Å². The van der Waals surface area contributed by atoms with Crippen molar-refractivity contribution in [3.8, 4) is 16.9 Å². The summed E-state index contributed by atoms with van der Waals surface area (Å²) in [6.45, 7) is 5.68. The zero-order valence-electron chi connectivity index (χ0n) is 18.9. The van der Waals surface area contributed by atoms with Gasteiger partial charge in [-0.05, 0) is 56.2 Å². The molecule has 0 saturated carbocycles. The lowest BCUT2D eigenvalue weighted by Crippen LogP contribution is -2.20. The highest BCUT2D eigenvalue weighted by Gasteiger charge is 2.18. The molecule has 0 fully saturated rings. The summed E-state index contributed by atoms with van der Waals surface area (Å²) in [4.78, 5) is 32.3. The van der Waals surface area contributed by atoms with Crippen LogP contribution in [0.15, 0.2) is 63.3 Å². The fraction of sp³-hybridized carbons (Fsp3) is 0.240. The number of esters is 1. The molecule has 0 amide bonds. The molecule has 0 atom stereocenters. The minimum atomic E-state index is -0.642. The van der Waals surface area contributed by atoms with Gasteiger partial charge in [0.25, 0.3) is 0 Å². The Morgan fingerprint density at radius 1 is 1.19 bits per heavy atom. The second-order valence-electron chi connectivity index (χ2n) is 7.43. The van der Waals surface area contributed by atoms with Crippen LogP contribution in [-0.2, 0) is 4.74 Å². The van der Waals surface area contributed by atoms with E-state index < -0.39 is 5.97 Å². The summed E-state index contributed by atoms with van der Waals surface area (Å²) in [6.07, 6.45) is 3.26. The number of hydrogen-bond donors (Lipinski definition) is 1. The number of aliphatic imine (C=N–C) groups is 1. The smallest absolute Gasteiger partial charge is 0.343 e. The van der Waals surface area contributed by atoms with Crippen molar-refractivity contribution in [1.82, 2.24) is 4.57 Å². The highest BCUT2D eigenvalue weighted by Crippen LogP contribution is 2.33. The SMILES string of the molecule is C/C=N/c1ccc(-n2cc(C(=O)OCC)c(=O)cc2-c2ccc(N(C)C)cc2)c(C)c1S. The quantitative estimate of drug-likeness (QED) is 0.324. The molecular weight excluding hydrogens is 422 g/mol. The number of anilines is 1. The number of aromatic nitrogens is 1. The molecule has 0 aliphatic rings. The van der Waals surface area contributed by atoms with Crippen LogP contribution in [0, 0.1) is 6.92 Å². The van der Waals surface area contributed by atoms with Gasteiger partial charge in [-0.3, -0.25) is 9.79 Å². The molecule has 1 aromatic heterocycles. The van der Waals surface area contributed by atoms with E-state index in [1.54, 1.807) is 19.3 Å². The van der Waals surface area contributed by atoms with E-state index in [0.29, 0.717) is 5.69 Å². The lowest BCUT2D eigenvalue weighted by atomic mass is 10.1. The van der Waals surface area contributed by atoms with Gasteiger partial charge >= 0.3 is 5.97 Å². The van der Waals surface area contributed by atoms with Crippen LogP contribution in [0.3, 0.4) is 0 Å². The summed E-state index contributed by atoms with van der Waals surface area (Å²) in [5.74, 6) is -0.642. The third-order valence-corrected chi connectivity index (χ3v) is 5.70. The van der Waals surface area contributed by atoms with Crippen molar-refractivity contribution in [1.29, 1.82) is 0 Å². The summed E-state index contributed by atoms with van der Waals surface area (Å²) >= 11 is 4.66. The van der Waals surface area contributed by atoms with Gasteiger partial charge in [-0.1, -0.05) is 12.1 Å². The summed E-state index contributed by atoms with van der Waals surface area (Å²) in [5, 5.41) is 0. The molecule has 0 unspecified atom stereocenters. The number of hydrogen-bond acceptors (Lipinski definition) is 6. The Balaban J connectivity index is 2.29. The molecule has 0 saturated heterocycles. The lowest BCUT2D eigenvalue weighted by Gasteiger charge is -2.19. The molecule has 166 valence electrons. The van der Waals surface area contributed by atoms with Crippen LogP contribution in [-0.4, -0.2) is 37.5 Å². The van der Waals surface area contributed by atoms with E-state index in [2.05, 4.69) is 17.6 Å². The van der Waals surface area contributed by atoms with E-state index in [1.165, 1.54) is 6.07 Å². The van der Waals surface area contributed by atoms with Crippen LogP contribution in [0.1, 0.15) is 29.8 Å². The van der Waals surface area contributed by atoms with E-state index in [4.69, 9.17) is 4.74 Å². The van der Waals surface area contributed by atoms with Gasteiger partial charge in [0.15, 0.2) is 5.43 Å². The number of benzene rings is 2. The van der Waals surface area contributed by atoms with Gasteiger partial charge in [0.2, 0.25) is 0 Å². The van der Waals surface area contributed by atoms with Crippen molar-refractivity contribution in [2.75, 3.05) is 25.6 Å². The summed E-state index contributed by atoms with van der Waals surface area (Å²) in [6, 6.07) is 13.1. The fourth-order valence-corrected chi connectivity index (χ4v) is 3.67. The first kappa shape index (κ1) is 23.3. The Hall–Kier alpha value is -3.32. The predicted molar refractivity (Wildman–Crippen MR) is 134 cm³/mol. The van der Waals surface area contributed by atoms with Gasteiger partial charge in [-0.15, -0.1) is 12.6 Å². The molecule has 0 aliphatic heterocycles. The van der Waals surface area contributed by atoms with Crippen LogP contribution in [0.5, 0.6) is 0 Å². The van der Waals surface area contributed by atoms with E-state index in [9.17, 15) is 9.59 Å². The maximum atomic E-state index is 12.8. The molecule has 32 heavy (non-hydrogen) atoms. The number of carbonyl (C=O) groups is 1. The predicted octanol–water partition coefficient (Wildman–Crippen LogP) is 5.07. The van der Waals surface area contributed by atoms with E-state index in [-0.39, 0.29) is 17.6 Å². The Bertz CT molecular complexity index is 1230. The highest BCUT2D eigenvalue weighted by atomic mass is 32.1. The Kier molecular flexibility index (Phi) is 7.20. The molecule has 3 rings (SSSR count). The topological polar surface area (TPSA) is 63.9 Å².